The van der Waals surface area contributed by atoms with Gasteiger partial charge in [-0.2, -0.15) is 0 Å². The summed E-state index contributed by atoms with van der Waals surface area (Å²) in [7, 11) is 0. The van der Waals surface area contributed by atoms with Crippen LogP contribution in [0.15, 0.2) is 0 Å². The van der Waals surface area contributed by atoms with Gasteiger partial charge in [-0.3, -0.25) is 4.57 Å². The molecule has 0 aromatic rings. The molecule has 0 aliphatic rings. The predicted molar refractivity (Wildman–Crippen MR) is 44.1 cm³/mol. The average molecular weight is 209 g/mol. The molecule has 9 heavy (non-hydrogen) atoms. The van der Waals surface area contributed by atoms with Crippen LogP contribution in [0.4, 0.5) is 0 Å². The molecule has 0 saturated carbocycles. The van der Waals surface area contributed by atoms with E-state index < -0.39 is 11.0 Å². The summed E-state index contributed by atoms with van der Waals surface area (Å²) < 4.78 is 10.9. The molecule has 0 unspecified atom stereocenters. The van der Waals surface area contributed by atoms with E-state index >= 15 is 0 Å². The lowest BCUT2D eigenvalue weighted by Gasteiger charge is -2.21. The maximum absolute atomic E-state index is 10.9. The number of alkyl halides is 1. The Kier molecular flexibility index (Phi) is 3.37. The van der Waals surface area contributed by atoms with E-state index in [9.17, 15) is 4.57 Å². The van der Waals surface area contributed by atoms with Crippen molar-refractivity contribution in [2.45, 2.75) is 19.0 Å². The van der Waals surface area contributed by atoms with Crippen molar-refractivity contribution >= 4 is 39.9 Å². The lowest BCUT2D eigenvalue weighted by Crippen LogP contribution is -2.17. The van der Waals surface area contributed by atoms with Crippen molar-refractivity contribution in [3.8, 4) is 0 Å². The van der Waals surface area contributed by atoms with Crippen LogP contribution >= 0.6 is 39.9 Å². The number of halogens is 3. The summed E-state index contributed by atoms with van der Waals surface area (Å²) in [6.45, 7) is 3.33. The van der Waals surface area contributed by atoms with Crippen molar-refractivity contribution in [3.05, 3.63) is 0 Å². The Morgan fingerprint density at radius 1 is 1.44 bits per heavy atom. The Morgan fingerprint density at radius 3 is 1.78 bits per heavy atom. The topological polar surface area (TPSA) is 17.1 Å². The average Bonchev–Trinajstić information content (AvgIpc) is 1.64. The molecule has 0 spiro atoms. The highest BCUT2D eigenvalue weighted by molar-refractivity contribution is 8.09. The van der Waals surface area contributed by atoms with Crippen molar-refractivity contribution in [2.75, 3.05) is 5.88 Å². The lowest BCUT2D eigenvalue weighted by atomic mass is 10.2. The van der Waals surface area contributed by atoms with Crippen LogP contribution in [0.5, 0.6) is 0 Å². The summed E-state index contributed by atoms with van der Waals surface area (Å²) in [5, 5.41) is -0.669. The molecule has 0 saturated heterocycles. The predicted octanol–water partition coefficient (Wildman–Crippen LogP) is 3.67. The van der Waals surface area contributed by atoms with Gasteiger partial charge in [-0.25, -0.2) is 0 Å². The molecular weight excluding hydrogens is 201 g/mol. The fourth-order valence-corrected chi connectivity index (χ4v) is 1.44. The second-order valence-electron chi connectivity index (χ2n) is 2.41. The molecule has 0 aliphatic heterocycles. The van der Waals surface area contributed by atoms with Crippen molar-refractivity contribution in [2.24, 2.45) is 0 Å². The molecule has 0 aliphatic carbocycles. The number of hydrogen-bond acceptors (Lipinski definition) is 1. The van der Waals surface area contributed by atoms with Gasteiger partial charge in [0.1, 0.15) is 0 Å². The quantitative estimate of drug-likeness (QED) is 0.501. The second-order valence-corrected chi connectivity index (χ2v) is 8.19. The number of hydrogen-bond donors (Lipinski definition) is 0. The maximum Gasteiger partial charge on any atom is 0.259 e. The first-order valence-corrected chi connectivity index (χ1v) is 6.42. The minimum atomic E-state index is -3.06. The van der Waals surface area contributed by atoms with E-state index in [1.165, 1.54) is 0 Å². The third-order valence-electron chi connectivity index (χ3n) is 1.03. The molecule has 0 rings (SSSR count). The van der Waals surface area contributed by atoms with Crippen LogP contribution in [0.1, 0.15) is 13.8 Å². The maximum atomic E-state index is 10.9. The second kappa shape index (κ2) is 3.00. The van der Waals surface area contributed by atoms with Crippen LogP contribution < -0.4 is 0 Å². The molecule has 0 atom stereocenters. The summed E-state index contributed by atoms with van der Waals surface area (Å²) in [6.07, 6.45) is 0. The van der Waals surface area contributed by atoms with Crippen LogP contribution in [-0.4, -0.2) is 11.0 Å². The Morgan fingerprint density at radius 2 is 1.78 bits per heavy atom. The zero-order valence-electron chi connectivity index (χ0n) is 5.20. The van der Waals surface area contributed by atoms with Crippen LogP contribution in [-0.2, 0) is 4.57 Å². The van der Waals surface area contributed by atoms with Gasteiger partial charge >= 0.3 is 0 Å². The van der Waals surface area contributed by atoms with Crippen molar-refractivity contribution in [1.82, 2.24) is 0 Å². The van der Waals surface area contributed by atoms with Gasteiger partial charge < -0.3 is 0 Å². The molecule has 0 fully saturated rings. The fraction of sp³-hybridized carbons (Fsp3) is 1.00. The third-order valence-corrected chi connectivity index (χ3v) is 6.20. The van der Waals surface area contributed by atoms with Crippen LogP contribution in [0, 0.1) is 0 Å². The summed E-state index contributed by atoms with van der Waals surface area (Å²) in [5.41, 5.74) is 0. The largest absolute Gasteiger partial charge is 0.289 e. The van der Waals surface area contributed by atoms with Gasteiger partial charge in [0.05, 0.1) is 5.16 Å². The van der Waals surface area contributed by atoms with Gasteiger partial charge in [-0.05, 0) is 36.3 Å². The van der Waals surface area contributed by atoms with E-state index in [0.717, 1.165) is 0 Å². The minimum Gasteiger partial charge on any atom is -0.289 e. The summed E-state index contributed by atoms with van der Waals surface area (Å²) in [4.78, 5) is 0. The molecule has 56 valence electrons. The van der Waals surface area contributed by atoms with Gasteiger partial charge in [0.2, 0.25) is 0 Å². The molecule has 5 heteroatoms. The summed E-state index contributed by atoms with van der Waals surface area (Å²) in [6, 6.07) is 0. The molecule has 0 aromatic heterocycles. The smallest absolute Gasteiger partial charge is 0.259 e. The highest BCUT2D eigenvalue weighted by Crippen LogP contribution is 2.67. The molecule has 0 radical (unpaired) electrons. The standard InChI is InChI=1S/C4H8Cl3OP/c1-4(2,3-5)9(6,7)8/h3H2,1-2H3. The molecule has 0 aromatic carbocycles. The number of rotatable bonds is 2. The van der Waals surface area contributed by atoms with E-state index in [0.29, 0.717) is 0 Å². The van der Waals surface area contributed by atoms with Crippen molar-refractivity contribution in [1.29, 1.82) is 0 Å². The van der Waals surface area contributed by atoms with Gasteiger partial charge in [-0.15, -0.1) is 11.6 Å². The van der Waals surface area contributed by atoms with E-state index in [1.807, 2.05) is 0 Å². The van der Waals surface area contributed by atoms with Crippen LogP contribution in [0.2, 0.25) is 0 Å². The first-order chi connectivity index (χ1) is 3.81. The molecule has 1 nitrogen and oxygen atoms in total. The molecule has 0 heterocycles. The van der Waals surface area contributed by atoms with Gasteiger partial charge in [-0.1, -0.05) is 0 Å². The molecule has 0 amide bonds. The van der Waals surface area contributed by atoms with E-state index in [4.69, 9.17) is 34.1 Å². The normalized spacial score (nSPS) is 13.9. The first kappa shape index (κ1) is 10.1. The lowest BCUT2D eigenvalue weighted by molar-refractivity contribution is 0.572. The Hall–Kier alpha value is 1.10. The van der Waals surface area contributed by atoms with Gasteiger partial charge in [0, 0.05) is 5.88 Å². The van der Waals surface area contributed by atoms with Gasteiger partial charge in [0.25, 0.3) is 5.85 Å². The molecule has 0 bridgehead atoms. The Bertz CT molecular complexity index is 139. The third kappa shape index (κ3) is 2.67. The molecular formula is C4H8Cl3OP. The van der Waals surface area contributed by atoms with Crippen LogP contribution in [0.25, 0.3) is 0 Å². The summed E-state index contributed by atoms with van der Waals surface area (Å²) >= 11 is 16.2. The zero-order chi connectivity index (χ0) is 7.71. The monoisotopic (exact) mass is 208 g/mol. The van der Waals surface area contributed by atoms with E-state index in [1.54, 1.807) is 13.8 Å². The Labute approximate surface area is 69.6 Å². The fourth-order valence-electron chi connectivity index (χ4n) is 0.0696. The van der Waals surface area contributed by atoms with Crippen molar-refractivity contribution in [3.63, 3.8) is 0 Å². The van der Waals surface area contributed by atoms with E-state index in [-0.39, 0.29) is 5.88 Å². The highest BCUT2D eigenvalue weighted by Gasteiger charge is 2.36. The minimum absolute atomic E-state index is 0.206. The molecule has 0 N–H and O–H groups in total. The first-order valence-electron chi connectivity index (χ1n) is 2.37. The van der Waals surface area contributed by atoms with Gasteiger partial charge in [0.15, 0.2) is 0 Å². The van der Waals surface area contributed by atoms with Crippen molar-refractivity contribution < 1.29 is 4.57 Å². The zero-order valence-corrected chi connectivity index (χ0v) is 8.36. The van der Waals surface area contributed by atoms with Crippen LogP contribution in [0.3, 0.4) is 0 Å². The summed E-state index contributed by atoms with van der Waals surface area (Å²) in [5.74, 6) is -2.85. The highest BCUT2D eigenvalue weighted by atomic mass is 35.9. The SMILES string of the molecule is CC(C)(CCl)P(=O)(Cl)Cl. The Balaban J connectivity index is 4.34. The van der Waals surface area contributed by atoms with E-state index in [2.05, 4.69) is 0 Å².